The number of hydrogen-bond donors (Lipinski definition) is 0. The maximum absolute atomic E-state index is 13.5. The molecule has 0 saturated heterocycles. The smallest absolute Gasteiger partial charge is 0.242 e. The van der Waals surface area contributed by atoms with Crippen LogP contribution in [0.3, 0.4) is 0 Å². The first-order valence-electron chi connectivity index (χ1n) is 7.41. The summed E-state index contributed by atoms with van der Waals surface area (Å²) < 4.78 is 31.1. The standard InChI is InChI=1S/C16H10Cl4F2N2O3S2/c17-15(18)28-13-5-9(23(21)7-25)1-3-11(13)27-12-4-2-10(24(22)8-26)6-14(12)29-16(19)20/h1-8,15-16H. The number of rotatable bonds is 10. The van der Waals surface area contributed by atoms with Crippen molar-refractivity contribution >= 4 is 94.1 Å². The second-order valence-electron chi connectivity index (χ2n) is 4.95. The molecule has 0 fully saturated rings. The van der Waals surface area contributed by atoms with Gasteiger partial charge in [0.25, 0.3) is 0 Å². The summed E-state index contributed by atoms with van der Waals surface area (Å²) in [5.41, 5.74) is -0.121. The van der Waals surface area contributed by atoms with Gasteiger partial charge in [-0.15, -0.1) is 10.2 Å². The molecule has 0 atom stereocenters. The van der Waals surface area contributed by atoms with Crippen molar-refractivity contribution in [1.29, 1.82) is 0 Å². The number of benzene rings is 2. The van der Waals surface area contributed by atoms with E-state index in [1.807, 2.05) is 0 Å². The molecular weight excluding hydrogens is 512 g/mol. The molecule has 0 saturated carbocycles. The molecule has 0 aliphatic rings. The Labute approximate surface area is 193 Å². The Balaban J connectivity index is 2.45. The van der Waals surface area contributed by atoms with Gasteiger partial charge in [0, 0.05) is 0 Å². The van der Waals surface area contributed by atoms with Crippen LogP contribution in [0, 0.1) is 0 Å². The number of alkyl halides is 4. The normalized spacial score (nSPS) is 10.9. The van der Waals surface area contributed by atoms with Crippen LogP contribution < -0.4 is 15.0 Å². The summed E-state index contributed by atoms with van der Waals surface area (Å²) in [6, 6.07) is 8.03. The molecule has 156 valence electrons. The first-order valence-corrected chi connectivity index (χ1v) is 10.9. The van der Waals surface area contributed by atoms with E-state index in [0.717, 1.165) is 23.5 Å². The lowest BCUT2D eigenvalue weighted by Crippen LogP contribution is -2.08. The molecule has 2 aromatic carbocycles. The minimum absolute atomic E-state index is 0.00647. The third-order valence-electron chi connectivity index (χ3n) is 3.19. The van der Waals surface area contributed by atoms with Gasteiger partial charge in [-0.05, 0) is 36.4 Å². The van der Waals surface area contributed by atoms with Crippen molar-refractivity contribution in [3.63, 3.8) is 0 Å². The van der Waals surface area contributed by atoms with Crippen molar-refractivity contribution in [3.8, 4) is 11.5 Å². The number of hydrogen-bond acceptors (Lipinski definition) is 5. The van der Waals surface area contributed by atoms with E-state index in [9.17, 15) is 18.6 Å². The monoisotopic (exact) mass is 520 g/mol. The van der Waals surface area contributed by atoms with Crippen LogP contribution in [0.1, 0.15) is 0 Å². The zero-order valence-corrected chi connectivity index (χ0v) is 18.6. The fourth-order valence-corrected chi connectivity index (χ4v) is 4.41. The molecule has 2 aromatic rings. The van der Waals surface area contributed by atoms with Crippen molar-refractivity contribution in [2.45, 2.75) is 18.1 Å². The van der Waals surface area contributed by atoms with E-state index in [4.69, 9.17) is 51.1 Å². The first-order chi connectivity index (χ1) is 13.7. The Hall–Kier alpha value is -1.10. The van der Waals surface area contributed by atoms with Gasteiger partial charge < -0.3 is 4.74 Å². The van der Waals surface area contributed by atoms with Crippen molar-refractivity contribution in [3.05, 3.63) is 36.4 Å². The van der Waals surface area contributed by atoms with Crippen LogP contribution in [0.15, 0.2) is 46.2 Å². The van der Waals surface area contributed by atoms with Crippen LogP contribution in [-0.4, -0.2) is 21.2 Å². The van der Waals surface area contributed by atoms with E-state index >= 15 is 0 Å². The summed E-state index contributed by atoms with van der Waals surface area (Å²) in [6.45, 7) is 0. The van der Waals surface area contributed by atoms with E-state index < -0.39 is 8.34 Å². The number of carbonyl (C=O) groups is 2. The molecule has 0 aromatic heterocycles. The highest BCUT2D eigenvalue weighted by atomic mass is 35.5. The molecule has 29 heavy (non-hydrogen) atoms. The number of ether oxygens (including phenoxy) is 1. The Morgan fingerprint density at radius 2 is 1.17 bits per heavy atom. The first kappa shape index (κ1) is 24.2. The molecule has 0 N–H and O–H groups in total. The quantitative estimate of drug-likeness (QED) is 0.147. The lowest BCUT2D eigenvalue weighted by molar-refractivity contribution is -0.110. The number of anilines is 2. The van der Waals surface area contributed by atoms with Gasteiger partial charge in [-0.3, -0.25) is 9.59 Å². The lowest BCUT2D eigenvalue weighted by atomic mass is 10.2. The van der Waals surface area contributed by atoms with Gasteiger partial charge in [0.15, 0.2) is 8.34 Å². The molecule has 2 amide bonds. The number of nitrogens with zero attached hydrogens (tertiary/aromatic N) is 2. The van der Waals surface area contributed by atoms with Crippen molar-refractivity contribution < 1.29 is 23.3 Å². The summed E-state index contributed by atoms with van der Waals surface area (Å²) in [5, 5.41) is -0.246. The van der Waals surface area contributed by atoms with Crippen molar-refractivity contribution in [2.75, 3.05) is 10.2 Å². The Bertz CT molecular complexity index is 811. The Kier molecular flexibility index (Phi) is 9.45. The predicted octanol–water partition coefficient (Wildman–Crippen LogP) is 6.88. The number of halogens is 6. The summed E-state index contributed by atoms with van der Waals surface area (Å²) in [5.74, 6) is 0.458. The topological polar surface area (TPSA) is 49.9 Å². The molecule has 2 rings (SSSR count). The fourth-order valence-electron chi connectivity index (χ4n) is 2.04. The van der Waals surface area contributed by atoms with Gasteiger partial charge >= 0.3 is 0 Å². The largest absolute Gasteiger partial charge is 0.455 e. The second kappa shape index (κ2) is 11.3. The predicted molar refractivity (Wildman–Crippen MR) is 115 cm³/mol. The lowest BCUT2D eigenvalue weighted by Gasteiger charge is -2.17. The molecule has 0 spiro atoms. The molecule has 5 nitrogen and oxygen atoms in total. The van der Waals surface area contributed by atoms with Crippen LogP contribution in [-0.2, 0) is 9.59 Å². The molecule has 0 aliphatic heterocycles. The maximum Gasteiger partial charge on any atom is 0.242 e. The van der Waals surface area contributed by atoms with Crippen LogP contribution >= 0.6 is 69.9 Å². The van der Waals surface area contributed by atoms with Crippen LogP contribution in [0.25, 0.3) is 0 Å². The molecular formula is C16H10Cl4F2N2O3S2. The molecule has 0 aliphatic carbocycles. The zero-order chi connectivity index (χ0) is 21.6. The minimum Gasteiger partial charge on any atom is -0.455 e. The van der Waals surface area contributed by atoms with Gasteiger partial charge in [0.1, 0.15) is 11.5 Å². The third kappa shape index (κ3) is 6.97. The highest BCUT2D eigenvalue weighted by molar-refractivity contribution is 8.02. The average Bonchev–Trinajstić information content (AvgIpc) is 2.68. The fraction of sp³-hybridized carbons (Fsp3) is 0.125. The number of thioether (sulfide) groups is 2. The maximum atomic E-state index is 13.5. The second-order valence-corrected chi connectivity index (χ2v) is 10.5. The Morgan fingerprint density at radius 3 is 1.48 bits per heavy atom. The summed E-state index contributed by atoms with van der Waals surface area (Å²) in [4.78, 5) is 22.0. The zero-order valence-electron chi connectivity index (χ0n) is 14.0. The highest BCUT2D eigenvalue weighted by Gasteiger charge is 2.18. The van der Waals surface area contributed by atoms with E-state index in [-0.39, 0.29) is 45.9 Å². The minimum atomic E-state index is -0.907. The highest BCUT2D eigenvalue weighted by Crippen LogP contribution is 2.44. The molecule has 0 bridgehead atoms. The molecule has 0 radical (unpaired) electrons. The molecule has 0 heterocycles. The van der Waals surface area contributed by atoms with Crippen LogP contribution in [0.4, 0.5) is 20.3 Å². The van der Waals surface area contributed by atoms with Crippen LogP contribution in [0.5, 0.6) is 11.5 Å². The van der Waals surface area contributed by atoms with E-state index in [1.165, 1.54) is 36.4 Å². The van der Waals surface area contributed by atoms with Crippen molar-refractivity contribution in [1.82, 2.24) is 0 Å². The summed E-state index contributed by atoms with van der Waals surface area (Å²) in [6.07, 6.45) is -0.0129. The Morgan fingerprint density at radius 1 is 0.793 bits per heavy atom. The molecule has 13 heteroatoms. The van der Waals surface area contributed by atoms with E-state index in [0.29, 0.717) is 9.79 Å². The number of carbonyl (C=O) groups excluding carboxylic acids is 2. The SMILES string of the molecule is O=CN(F)c1ccc(Oc2ccc(N(F)C=O)cc2SC(Cl)Cl)c(SC(Cl)Cl)c1. The molecule has 0 unspecified atom stereocenters. The van der Waals surface area contributed by atoms with Crippen LogP contribution in [0.2, 0.25) is 0 Å². The van der Waals surface area contributed by atoms with Gasteiger partial charge in [0.2, 0.25) is 12.8 Å². The van der Waals surface area contributed by atoms with E-state index in [2.05, 4.69) is 0 Å². The summed E-state index contributed by atoms with van der Waals surface area (Å²) >= 11 is 25.1. The van der Waals surface area contributed by atoms with Gasteiger partial charge in [-0.2, -0.15) is 0 Å². The number of amides is 2. The summed E-state index contributed by atoms with van der Waals surface area (Å²) in [7, 11) is 0. The third-order valence-corrected chi connectivity index (χ3v) is 5.76. The van der Waals surface area contributed by atoms with E-state index in [1.54, 1.807) is 0 Å². The van der Waals surface area contributed by atoms with Gasteiger partial charge in [-0.25, -0.2) is 0 Å². The average molecular weight is 522 g/mol. The van der Waals surface area contributed by atoms with Gasteiger partial charge in [0.05, 0.1) is 21.2 Å². The van der Waals surface area contributed by atoms with Gasteiger partial charge in [-0.1, -0.05) is 78.9 Å². The van der Waals surface area contributed by atoms with Crippen molar-refractivity contribution in [2.24, 2.45) is 0 Å².